The van der Waals surface area contributed by atoms with Crippen LogP contribution in [0.5, 0.6) is 0 Å². The molecule has 1 aromatic rings. The molecular formula is C15H16N2. The highest BCUT2D eigenvalue weighted by atomic mass is 15.2. The van der Waals surface area contributed by atoms with Gasteiger partial charge in [-0.15, -0.1) is 0 Å². The van der Waals surface area contributed by atoms with Gasteiger partial charge in [-0.25, -0.2) is 0 Å². The van der Waals surface area contributed by atoms with Gasteiger partial charge in [0.15, 0.2) is 0 Å². The summed E-state index contributed by atoms with van der Waals surface area (Å²) in [6, 6.07) is 12.8. The van der Waals surface area contributed by atoms with Crippen LogP contribution in [0.4, 0.5) is 5.69 Å². The van der Waals surface area contributed by atoms with E-state index in [1.54, 1.807) is 0 Å². The lowest BCUT2D eigenvalue weighted by atomic mass is 9.84. The summed E-state index contributed by atoms with van der Waals surface area (Å²) < 4.78 is 0. The van der Waals surface area contributed by atoms with Crippen LogP contribution >= 0.6 is 0 Å². The van der Waals surface area contributed by atoms with Crippen LogP contribution in [-0.2, 0) is 0 Å². The number of hydrogen-bond acceptors (Lipinski definition) is 2. The number of nitriles is 1. The second-order valence-corrected chi connectivity index (χ2v) is 5.12. The first kappa shape index (κ1) is 10.4. The lowest BCUT2D eigenvalue weighted by molar-refractivity contribution is 0.436. The molecule has 3 rings (SSSR count). The molecule has 2 heteroatoms. The van der Waals surface area contributed by atoms with E-state index in [1.165, 1.54) is 0 Å². The van der Waals surface area contributed by atoms with Gasteiger partial charge in [0.2, 0.25) is 0 Å². The molecule has 0 saturated heterocycles. The van der Waals surface area contributed by atoms with Gasteiger partial charge >= 0.3 is 0 Å². The molecule has 1 fully saturated rings. The van der Waals surface area contributed by atoms with E-state index in [1.807, 2.05) is 25.2 Å². The van der Waals surface area contributed by atoms with E-state index < -0.39 is 0 Å². The van der Waals surface area contributed by atoms with E-state index in [2.05, 4.69) is 35.3 Å². The Morgan fingerprint density at radius 2 is 2.06 bits per heavy atom. The third kappa shape index (κ3) is 1.39. The van der Waals surface area contributed by atoms with Crippen LogP contribution in [0.2, 0.25) is 0 Å². The van der Waals surface area contributed by atoms with Crippen LogP contribution in [-0.4, -0.2) is 12.6 Å². The van der Waals surface area contributed by atoms with Crippen LogP contribution in [0.1, 0.15) is 12.8 Å². The number of benzene rings is 1. The Morgan fingerprint density at radius 3 is 2.59 bits per heavy atom. The molecular weight excluding hydrogens is 208 g/mol. The molecule has 0 unspecified atom stereocenters. The SMILES string of the molecule is CN(c1ccccc1)[C@]1(C#N)C[C@H]2C=C[C@@H]1C2. The quantitative estimate of drug-likeness (QED) is 0.722. The van der Waals surface area contributed by atoms with Gasteiger partial charge in [0.25, 0.3) is 0 Å². The van der Waals surface area contributed by atoms with Crippen molar-refractivity contribution in [3.05, 3.63) is 42.5 Å². The zero-order valence-corrected chi connectivity index (χ0v) is 10.0. The average Bonchev–Trinajstić information content (AvgIpc) is 2.99. The fourth-order valence-corrected chi connectivity index (χ4v) is 3.30. The minimum atomic E-state index is -0.333. The predicted octanol–water partition coefficient (Wildman–Crippen LogP) is 2.98. The van der Waals surface area contributed by atoms with Crippen molar-refractivity contribution in [1.82, 2.24) is 0 Å². The van der Waals surface area contributed by atoms with Gasteiger partial charge in [0.1, 0.15) is 5.54 Å². The third-order valence-electron chi connectivity index (χ3n) is 4.29. The molecule has 2 aliphatic rings. The highest BCUT2D eigenvalue weighted by molar-refractivity contribution is 5.52. The van der Waals surface area contributed by atoms with Crippen molar-refractivity contribution in [3.63, 3.8) is 0 Å². The van der Waals surface area contributed by atoms with Gasteiger partial charge in [0.05, 0.1) is 6.07 Å². The summed E-state index contributed by atoms with van der Waals surface area (Å²) in [6.45, 7) is 0. The predicted molar refractivity (Wildman–Crippen MR) is 68.5 cm³/mol. The van der Waals surface area contributed by atoms with E-state index in [0.29, 0.717) is 11.8 Å². The van der Waals surface area contributed by atoms with Crippen molar-refractivity contribution in [2.75, 3.05) is 11.9 Å². The number of hydrogen-bond donors (Lipinski definition) is 0. The minimum absolute atomic E-state index is 0.333. The number of nitrogens with zero attached hydrogens (tertiary/aromatic N) is 2. The molecule has 0 aromatic heterocycles. The fraction of sp³-hybridized carbons (Fsp3) is 0.400. The molecule has 1 aromatic carbocycles. The van der Waals surface area contributed by atoms with Gasteiger partial charge in [-0.3, -0.25) is 0 Å². The molecule has 0 N–H and O–H groups in total. The molecule has 2 aliphatic carbocycles. The van der Waals surface area contributed by atoms with E-state index in [9.17, 15) is 5.26 Å². The molecule has 86 valence electrons. The number of para-hydroxylation sites is 1. The Morgan fingerprint density at radius 1 is 1.29 bits per heavy atom. The first-order valence-corrected chi connectivity index (χ1v) is 6.15. The zero-order chi connectivity index (χ0) is 11.9. The van der Waals surface area contributed by atoms with Crippen molar-refractivity contribution in [1.29, 1.82) is 5.26 Å². The molecule has 17 heavy (non-hydrogen) atoms. The maximum Gasteiger partial charge on any atom is 0.134 e. The van der Waals surface area contributed by atoms with Crippen LogP contribution in [0.3, 0.4) is 0 Å². The largest absolute Gasteiger partial charge is 0.356 e. The van der Waals surface area contributed by atoms with Crippen LogP contribution in [0, 0.1) is 23.2 Å². The highest BCUT2D eigenvalue weighted by Crippen LogP contribution is 2.49. The summed E-state index contributed by atoms with van der Waals surface area (Å²) in [7, 11) is 2.05. The first-order valence-electron chi connectivity index (χ1n) is 6.15. The highest BCUT2D eigenvalue weighted by Gasteiger charge is 2.51. The zero-order valence-electron chi connectivity index (χ0n) is 10.0. The Hall–Kier alpha value is -1.75. The smallest absolute Gasteiger partial charge is 0.134 e. The Labute approximate surface area is 102 Å². The van der Waals surface area contributed by atoms with Gasteiger partial charge in [-0.1, -0.05) is 30.4 Å². The number of rotatable bonds is 2. The van der Waals surface area contributed by atoms with E-state index >= 15 is 0 Å². The molecule has 0 aliphatic heterocycles. The molecule has 0 heterocycles. The van der Waals surface area contributed by atoms with Gasteiger partial charge in [-0.05, 0) is 30.9 Å². The Bertz CT molecular complexity index is 485. The second-order valence-electron chi connectivity index (χ2n) is 5.12. The van der Waals surface area contributed by atoms with E-state index in [4.69, 9.17) is 0 Å². The molecule has 1 saturated carbocycles. The summed E-state index contributed by atoms with van der Waals surface area (Å²) in [5, 5.41) is 9.64. The molecule has 2 nitrogen and oxygen atoms in total. The standard InChI is InChI=1S/C15H16N2/c1-17(14-5-3-2-4-6-14)15(11-16)10-12-7-8-13(15)9-12/h2-8,12-13H,9-10H2,1H3/t12-,13+,15-/m0/s1. The van der Waals surface area contributed by atoms with Gasteiger partial charge in [0, 0.05) is 18.7 Å². The third-order valence-corrected chi connectivity index (χ3v) is 4.29. The lowest BCUT2D eigenvalue weighted by Crippen LogP contribution is -2.48. The van der Waals surface area contributed by atoms with E-state index in [0.717, 1.165) is 18.5 Å². The van der Waals surface area contributed by atoms with Crippen LogP contribution < -0.4 is 4.90 Å². The molecule has 3 atom stereocenters. The summed E-state index contributed by atoms with van der Waals surface area (Å²) in [5.41, 5.74) is 0.802. The van der Waals surface area contributed by atoms with E-state index in [-0.39, 0.29) is 5.54 Å². The molecule has 2 bridgehead atoms. The monoisotopic (exact) mass is 224 g/mol. The maximum absolute atomic E-state index is 9.64. The number of fused-ring (bicyclic) bond motifs is 2. The topological polar surface area (TPSA) is 27.0 Å². The fourth-order valence-electron chi connectivity index (χ4n) is 3.30. The summed E-state index contributed by atoms with van der Waals surface area (Å²) in [4.78, 5) is 2.17. The molecule has 0 spiro atoms. The van der Waals surface area contributed by atoms with Crippen molar-refractivity contribution >= 4 is 5.69 Å². The molecule has 0 radical (unpaired) electrons. The normalized spacial score (nSPS) is 33.6. The summed E-state index contributed by atoms with van der Waals surface area (Å²) in [6.07, 6.45) is 6.62. The average molecular weight is 224 g/mol. The van der Waals surface area contributed by atoms with Crippen LogP contribution in [0.25, 0.3) is 0 Å². The Kier molecular flexibility index (Phi) is 2.22. The summed E-state index contributed by atoms with van der Waals surface area (Å²) >= 11 is 0. The number of anilines is 1. The van der Waals surface area contributed by atoms with Gasteiger partial charge in [-0.2, -0.15) is 5.26 Å². The first-order chi connectivity index (χ1) is 8.26. The van der Waals surface area contributed by atoms with Crippen molar-refractivity contribution in [3.8, 4) is 6.07 Å². The van der Waals surface area contributed by atoms with Crippen molar-refractivity contribution < 1.29 is 0 Å². The Balaban J connectivity index is 1.98. The summed E-state index contributed by atoms with van der Waals surface area (Å²) in [5.74, 6) is 0.994. The molecule has 0 amide bonds. The second kappa shape index (κ2) is 3.63. The van der Waals surface area contributed by atoms with Crippen molar-refractivity contribution in [2.45, 2.75) is 18.4 Å². The minimum Gasteiger partial charge on any atom is -0.356 e. The lowest BCUT2D eigenvalue weighted by Gasteiger charge is -2.39. The van der Waals surface area contributed by atoms with Gasteiger partial charge < -0.3 is 4.90 Å². The van der Waals surface area contributed by atoms with Crippen LogP contribution in [0.15, 0.2) is 42.5 Å². The van der Waals surface area contributed by atoms with Crippen molar-refractivity contribution in [2.24, 2.45) is 11.8 Å². The maximum atomic E-state index is 9.64. The number of allylic oxidation sites excluding steroid dienone is 1.